The lowest BCUT2D eigenvalue weighted by Gasteiger charge is -2.29. The van der Waals surface area contributed by atoms with Crippen molar-refractivity contribution in [1.29, 1.82) is 0 Å². The number of hydrogen-bond acceptors (Lipinski definition) is 5. The van der Waals surface area contributed by atoms with Crippen molar-refractivity contribution >= 4 is 11.6 Å². The molecular weight excluding hydrogens is 361 g/mol. The maximum Gasteiger partial charge on any atom is 0.227 e. The molecule has 4 rings (SSSR count). The molecule has 1 aromatic heterocycles. The molecule has 2 aromatic carbocycles. The highest BCUT2D eigenvalue weighted by molar-refractivity contribution is 5.94. The first-order valence-corrected chi connectivity index (χ1v) is 9.20. The van der Waals surface area contributed by atoms with E-state index in [0.717, 1.165) is 29.7 Å². The lowest BCUT2D eigenvalue weighted by molar-refractivity contribution is -0.118. The number of amides is 1. The molecule has 0 N–H and O–H groups in total. The molecule has 0 spiro atoms. The fraction of sp³-hybridized carbons (Fsp3) is 0.286. The van der Waals surface area contributed by atoms with E-state index in [0.29, 0.717) is 30.4 Å². The van der Waals surface area contributed by atoms with Crippen molar-refractivity contribution in [2.45, 2.75) is 25.7 Å². The molecule has 144 valence electrons. The minimum absolute atomic E-state index is 0.143. The van der Waals surface area contributed by atoms with Gasteiger partial charge in [0, 0.05) is 24.9 Å². The summed E-state index contributed by atoms with van der Waals surface area (Å²) in [6.07, 6.45) is 2.09. The van der Waals surface area contributed by atoms with Crippen molar-refractivity contribution in [3.05, 3.63) is 59.7 Å². The zero-order valence-corrected chi connectivity index (χ0v) is 15.5. The van der Waals surface area contributed by atoms with Crippen LogP contribution in [0.1, 0.15) is 24.3 Å². The lowest BCUT2D eigenvalue weighted by atomic mass is 10.0. The Labute approximate surface area is 161 Å². The maximum atomic E-state index is 14.2. The minimum Gasteiger partial charge on any atom is -0.497 e. The smallest absolute Gasteiger partial charge is 0.227 e. The fourth-order valence-electron chi connectivity index (χ4n) is 3.42. The van der Waals surface area contributed by atoms with Gasteiger partial charge in [-0.25, -0.2) is 4.39 Å². The number of anilines is 1. The topological polar surface area (TPSA) is 68.5 Å². The largest absolute Gasteiger partial charge is 0.497 e. The predicted molar refractivity (Wildman–Crippen MR) is 102 cm³/mol. The van der Waals surface area contributed by atoms with Gasteiger partial charge in [0.2, 0.25) is 17.6 Å². The number of para-hydroxylation sites is 1. The zero-order valence-electron chi connectivity index (χ0n) is 15.5. The molecule has 6 nitrogen and oxygen atoms in total. The summed E-state index contributed by atoms with van der Waals surface area (Å²) in [5.74, 6) is 1.08. The van der Waals surface area contributed by atoms with Gasteiger partial charge >= 0.3 is 0 Å². The highest BCUT2D eigenvalue weighted by atomic mass is 19.1. The average molecular weight is 381 g/mol. The summed E-state index contributed by atoms with van der Waals surface area (Å²) in [4.78, 5) is 18.6. The van der Waals surface area contributed by atoms with Gasteiger partial charge < -0.3 is 14.2 Å². The fourth-order valence-corrected chi connectivity index (χ4v) is 3.42. The normalized spacial score (nSPS) is 13.3. The van der Waals surface area contributed by atoms with Gasteiger partial charge in [0.25, 0.3) is 0 Å². The number of ether oxygens (including phenoxy) is 1. The second-order valence-corrected chi connectivity index (χ2v) is 6.64. The van der Waals surface area contributed by atoms with Gasteiger partial charge in [0.05, 0.1) is 12.8 Å². The molecule has 0 unspecified atom stereocenters. The molecule has 1 aliphatic heterocycles. The van der Waals surface area contributed by atoms with Gasteiger partial charge in [-0.05, 0) is 48.7 Å². The quantitative estimate of drug-likeness (QED) is 0.672. The van der Waals surface area contributed by atoms with Crippen LogP contribution in [-0.4, -0.2) is 29.7 Å². The molecule has 1 aliphatic rings. The molecule has 0 saturated heterocycles. The lowest BCUT2D eigenvalue weighted by Crippen LogP contribution is -2.36. The predicted octanol–water partition coefficient (Wildman–Crippen LogP) is 3.80. The first kappa shape index (κ1) is 18.2. The number of aromatic nitrogens is 2. The number of carbonyl (C=O) groups excluding carboxylic acids is 1. The van der Waals surface area contributed by atoms with Crippen LogP contribution in [0.3, 0.4) is 0 Å². The minimum atomic E-state index is -0.356. The van der Waals surface area contributed by atoms with Gasteiger partial charge in [-0.3, -0.25) is 4.79 Å². The molecule has 0 atom stereocenters. The SMILES string of the molecule is COc1ccc(-c2noc(CCC(=O)N3CCCc4cccc(F)c43)n2)cc1. The van der Waals surface area contributed by atoms with Crippen LogP contribution in [0.5, 0.6) is 5.75 Å². The Bertz CT molecular complexity index is 985. The van der Waals surface area contributed by atoms with E-state index in [1.807, 2.05) is 30.3 Å². The van der Waals surface area contributed by atoms with Crippen LogP contribution in [-0.2, 0) is 17.6 Å². The summed E-state index contributed by atoms with van der Waals surface area (Å²) in [5, 5.41) is 3.97. The van der Waals surface area contributed by atoms with Crippen molar-refractivity contribution in [2.75, 3.05) is 18.6 Å². The van der Waals surface area contributed by atoms with Crippen LogP contribution in [0.2, 0.25) is 0 Å². The van der Waals surface area contributed by atoms with Gasteiger partial charge in [-0.1, -0.05) is 17.3 Å². The van der Waals surface area contributed by atoms with Crippen LogP contribution >= 0.6 is 0 Å². The van der Waals surface area contributed by atoms with E-state index in [9.17, 15) is 9.18 Å². The van der Waals surface area contributed by atoms with Crippen molar-refractivity contribution < 1.29 is 18.4 Å². The number of benzene rings is 2. The van der Waals surface area contributed by atoms with Crippen molar-refractivity contribution in [2.24, 2.45) is 0 Å². The zero-order chi connectivity index (χ0) is 19.5. The summed E-state index contributed by atoms with van der Waals surface area (Å²) in [6, 6.07) is 12.3. The van der Waals surface area contributed by atoms with Crippen LogP contribution in [0, 0.1) is 5.82 Å². The molecule has 7 heteroatoms. The highest BCUT2D eigenvalue weighted by Crippen LogP contribution is 2.30. The Morgan fingerprint density at radius 3 is 2.86 bits per heavy atom. The number of aryl methyl sites for hydroxylation is 2. The van der Waals surface area contributed by atoms with E-state index in [-0.39, 0.29) is 18.1 Å². The summed E-state index contributed by atoms with van der Waals surface area (Å²) < 4.78 is 24.6. The van der Waals surface area contributed by atoms with E-state index in [1.165, 1.54) is 11.0 Å². The third-order valence-corrected chi connectivity index (χ3v) is 4.84. The first-order valence-electron chi connectivity index (χ1n) is 9.20. The number of hydrogen-bond donors (Lipinski definition) is 0. The number of carbonyl (C=O) groups is 1. The second-order valence-electron chi connectivity index (χ2n) is 6.64. The Hall–Kier alpha value is -3.22. The summed E-state index contributed by atoms with van der Waals surface area (Å²) in [7, 11) is 1.60. The number of rotatable bonds is 5. The number of fused-ring (bicyclic) bond motifs is 1. The molecule has 0 fully saturated rings. The van der Waals surface area contributed by atoms with Crippen molar-refractivity contribution in [1.82, 2.24) is 10.1 Å². The summed E-state index contributed by atoms with van der Waals surface area (Å²) >= 11 is 0. The molecule has 3 aromatic rings. The number of halogens is 1. The summed E-state index contributed by atoms with van der Waals surface area (Å²) in [5.41, 5.74) is 2.08. The highest BCUT2D eigenvalue weighted by Gasteiger charge is 2.25. The number of methoxy groups -OCH3 is 1. The van der Waals surface area contributed by atoms with E-state index < -0.39 is 0 Å². The Balaban J connectivity index is 1.43. The van der Waals surface area contributed by atoms with Crippen LogP contribution in [0.15, 0.2) is 47.0 Å². The van der Waals surface area contributed by atoms with Crippen LogP contribution < -0.4 is 9.64 Å². The van der Waals surface area contributed by atoms with E-state index in [2.05, 4.69) is 10.1 Å². The molecule has 0 radical (unpaired) electrons. The van der Waals surface area contributed by atoms with Gasteiger partial charge in [0.1, 0.15) is 11.6 Å². The molecule has 0 saturated carbocycles. The Kier molecular flexibility index (Phi) is 5.06. The molecule has 0 bridgehead atoms. The summed E-state index contributed by atoms with van der Waals surface area (Å²) in [6.45, 7) is 0.522. The first-order chi connectivity index (χ1) is 13.7. The molecule has 2 heterocycles. The van der Waals surface area contributed by atoms with Gasteiger partial charge in [0.15, 0.2) is 0 Å². The molecule has 1 amide bonds. The maximum absolute atomic E-state index is 14.2. The van der Waals surface area contributed by atoms with Crippen LogP contribution in [0.25, 0.3) is 11.4 Å². The molecular formula is C21H20FN3O3. The van der Waals surface area contributed by atoms with Crippen molar-refractivity contribution in [3.63, 3.8) is 0 Å². The third kappa shape index (κ3) is 3.60. The standard InChI is InChI=1S/C21H20FN3O3/c1-27-16-9-7-15(8-10-16)21-23-18(28-24-21)11-12-19(26)25-13-3-5-14-4-2-6-17(22)20(14)25/h2,4,6-10H,3,5,11-13H2,1H3. The van der Waals surface area contributed by atoms with E-state index >= 15 is 0 Å². The molecule has 0 aliphatic carbocycles. The molecule has 28 heavy (non-hydrogen) atoms. The van der Waals surface area contributed by atoms with Gasteiger partial charge in [-0.2, -0.15) is 4.98 Å². The Morgan fingerprint density at radius 2 is 2.07 bits per heavy atom. The van der Waals surface area contributed by atoms with Crippen LogP contribution in [0.4, 0.5) is 10.1 Å². The monoisotopic (exact) mass is 381 g/mol. The number of nitrogens with zero attached hydrogens (tertiary/aromatic N) is 3. The third-order valence-electron chi connectivity index (χ3n) is 4.84. The Morgan fingerprint density at radius 1 is 1.25 bits per heavy atom. The second kappa shape index (κ2) is 7.80. The van der Waals surface area contributed by atoms with Crippen molar-refractivity contribution in [3.8, 4) is 17.1 Å². The average Bonchev–Trinajstić information content (AvgIpc) is 3.21. The van der Waals surface area contributed by atoms with Gasteiger partial charge in [-0.15, -0.1) is 0 Å². The van der Waals surface area contributed by atoms with E-state index in [4.69, 9.17) is 9.26 Å². The van der Waals surface area contributed by atoms with E-state index in [1.54, 1.807) is 13.2 Å².